The summed E-state index contributed by atoms with van der Waals surface area (Å²) in [6, 6.07) is 18.1. The third kappa shape index (κ3) is 4.14. The average molecular weight is 510 g/mol. The number of piperazine rings is 1. The zero-order valence-corrected chi connectivity index (χ0v) is 22.2. The van der Waals surface area contributed by atoms with Gasteiger partial charge in [0, 0.05) is 36.6 Å². The zero-order valence-electron chi connectivity index (χ0n) is 22.2. The second-order valence-corrected chi connectivity index (χ2v) is 11.3. The van der Waals surface area contributed by atoms with Gasteiger partial charge in [-0.15, -0.1) is 0 Å². The molecule has 0 saturated carbocycles. The predicted molar refractivity (Wildman–Crippen MR) is 152 cm³/mol. The lowest BCUT2D eigenvalue weighted by molar-refractivity contribution is 0.188. The number of phenols is 1. The smallest absolute Gasteiger partial charge is 0.319 e. The van der Waals surface area contributed by atoms with Crippen molar-refractivity contribution in [2.75, 3.05) is 38.2 Å². The molecule has 3 fully saturated rings. The summed E-state index contributed by atoms with van der Waals surface area (Å²) in [5.74, 6) is 1.24. The molecule has 0 amide bonds. The van der Waals surface area contributed by atoms with Gasteiger partial charge in [-0.3, -0.25) is 0 Å². The number of aryl methyl sites for hydroxylation is 1. The van der Waals surface area contributed by atoms with E-state index in [0.717, 1.165) is 70.2 Å². The number of likely N-dealkylation sites (tertiary alicyclic amines) is 1. The van der Waals surface area contributed by atoms with Crippen molar-refractivity contribution >= 4 is 27.5 Å². The van der Waals surface area contributed by atoms with Crippen LogP contribution in [0.15, 0.2) is 48.5 Å². The van der Waals surface area contributed by atoms with Crippen LogP contribution in [0.1, 0.15) is 31.2 Å². The third-order valence-electron chi connectivity index (χ3n) is 8.81. The van der Waals surface area contributed by atoms with E-state index in [9.17, 15) is 5.11 Å². The van der Waals surface area contributed by atoms with Crippen molar-refractivity contribution in [3.8, 4) is 22.9 Å². The highest BCUT2D eigenvalue weighted by molar-refractivity contribution is 6.02. The molecule has 0 radical (unpaired) electrons. The number of aromatic nitrogens is 2. The summed E-state index contributed by atoms with van der Waals surface area (Å²) in [6.45, 7) is 5.74. The van der Waals surface area contributed by atoms with E-state index < -0.39 is 0 Å². The molecule has 3 saturated heterocycles. The molecule has 4 aromatic rings. The first-order valence-corrected chi connectivity index (χ1v) is 13.9. The lowest BCUT2D eigenvalue weighted by Crippen LogP contribution is -2.51. The second-order valence-electron chi connectivity index (χ2n) is 11.3. The van der Waals surface area contributed by atoms with E-state index >= 15 is 0 Å². The van der Waals surface area contributed by atoms with Crippen LogP contribution in [0, 0.1) is 6.92 Å². The van der Waals surface area contributed by atoms with E-state index in [1.807, 2.05) is 30.3 Å². The summed E-state index contributed by atoms with van der Waals surface area (Å²) in [5, 5.41) is 17.5. The fraction of sp³-hybridized carbons (Fsp3) is 0.419. The first-order valence-electron chi connectivity index (χ1n) is 13.9. The summed E-state index contributed by atoms with van der Waals surface area (Å²) in [7, 11) is 2.17. The van der Waals surface area contributed by atoms with Crippen LogP contribution in [0.25, 0.3) is 32.8 Å². The van der Waals surface area contributed by atoms with E-state index in [-0.39, 0.29) is 5.75 Å². The number of phenolic OH excluding ortho intramolecular Hbond substituents is 1. The molecule has 7 rings (SSSR count). The SMILES string of the molecule is Cc1c(-c2cc(O)cc3ccccc23)ccc2c(N3CC4CCC(C3)N4)nc(OC[C@@H]3CCCN3C)nc12. The fourth-order valence-electron chi connectivity index (χ4n) is 6.74. The Bertz CT molecular complexity index is 1510. The standard InChI is InChI=1S/C31H35N5O2/c1-19-25(28-15-24(37)14-20-6-3-4-8-26(20)28)11-12-27-29(19)33-31(38-18-23-7-5-13-35(23)2)34-30(27)36-16-21-9-10-22(17-36)32-21/h3-4,6,8,11-12,14-15,21-23,32,37H,5,7,9-10,13,16-18H2,1-2H3/t21?,22?,23-/m0/s1. The molecule has 3 aliphatic rings. The molecular weight excluding hydrogens is 474 g/mol. The number of benzene rings is 3. The number of hydrogen-bond acceptors (Lipinski definition) is 7. The van der Waals surface area contributed by atoms with E-state index in [2.05, 4.69) is 47.3 Å². The summed E-state index contributed by atoms with van der Waals surface area (Å²) in [6.07, 6.45) is 4.79. The Morgan fingerprint density at radius 1 is 0.974 bits per heavy atom. The Hall–Kier alpha value is -3.42. The van der Waals surface area contributed by atoms with Crippen LogP contribution >= 0.6 is 0 Å². The minimum atomic E-state index is 0.266. The molecule has 38 heavy (non-hydrogen) atoms. The topological polar surface area (TPSA) is 73.8 Å². The van der Waals surface area contributed by atoms with Crippen molar-refractivity contribution < 1.29 is 9.84 Å². The van der Waals surface area contributed by atoms with Crippen molar-refractivity contribution in [3.05, 3.63) is 54.1 Å². The van der Waals surface area contributed by atoms with Gasteiger partial charge < -0.3 is 25.0 Å². The van der Waals surface area contributed by atoms with Crippen LogP contribution < -0.4 is 15.0 Å². The largest absolute Gasteiger partial charge is 0.508 e. The quantitative estimate of drug-likeness (QED) is 0.397. The number of likely N-dealkylation sites (N-methyl/N-ethyl adjacent to an activating group) is 1. The minimum absolute atomic E-state index is 0.266. The van der Waals surface area contributed by atoms with Crippen LogP contribution in [0.4, 0.5) is 5.82 Å². The van der Waals surface area contributed by atoms with Crippen LogP contribution in [0.2, 0.25) is 0 Å². The van der Waals surface area contributed by atoms with Gasteiger partial charge in [0.1, 0.15) is 18.2 Å². The first-order chi connectivity index (χ1) is 18.5. The maximum absolute atomic E-state index is 10.5. The van der Waals surface area contributed by atoms with Gasteiger partial charge in [-0.05, 0) is 91.9 Å². The monoisotopic (exact) mass is 509 g/mol. The number of rotatable bonds is 5. The number of nitrogens with zero attached hydrogens (tertiary/aromatic N) is 4. The van der Waals surface area contributed by atoms with Gasteiger partial charge in [-0.2, -0.15) is 9.97 Å². The molecule has 1 aromatic heterocycles. The van der Waals surface area contributed by atoms with Crippen molar-refractivity contribution in [1.82, 2.24) is 20.2 Å². The van der Waals surface area contributed by atoms with Gasteiger partial charge in [-0.25, -0.2) is 0 Å². The molecule has 7 nitrogen and oxygen atoms in total. The first kappa shape index (κ1) is 23.7. The van der Waals surface area contributed by atoms with Crippen LogP contribution in [-0.4, -0.2) is 71.4 Å². The zero-order chi connectivity index (χ0) is 25.8. The molecule has 2 unspecified atom stereocenters. The van der Waals surface area contributed by atoms with E-state index in [0.29, 0.717) is 30.7 Å². The Labute approximate surface area is 223 Å². The minimum Gasteiger partial charge on any atom is -0.508 e. The number of anilines is 1. The van der Waals surface area contributed by atoms with Crippen molar-refractivity contribution in [3.63, 3.8) is 0 Å². The molecule has 196 valence electrons. The lowest BCUT2D eigenvalue weighted by atomic mass is 9.93. The maximum atomic E-state index is 10.5. The normalized spacial score (nSPS) is 23.5. The molecule has 4 heterocycles. The lowest BCUT2D eigenvalue weighted by Gasteiger charge is -2.34. The van der Waals surface area contributed by atoms with Gasteiger partial charge in [-0.1, -0.05) is 30.3 Å². The third-order valence-corrected chi connectivity index (χ3v) is 8.81. The summed E-state index contributed by atoms with van der Waals surface area (Å²) in [5.41, 5.74) is 4.06. The molecule has 7 heteroatoms. The molecule has 3 aromatic carbocycles. The summed E-state index contributed by atoms with van der Waals surface area (Å²) >= 11 is 0. The van der Waals surface area contributed by atoms with Crippen molar-refractivity contribution in [1.29, 1.82) is 0 Å². The number of fused-ring (bicyclic) bond motifs is 4. The molecule has 2 bridgehead atoms. The number of ether oxygens (including phenoxy) is 1. The van der Waals surface area contributed by atoms with E-state index in [1.54, 1.807) is 0 Å². The van der Waals surface area contributed by atoms with Crippen molar-refractivity contribution in [2.24, 2.45) is 0 Å². The van der Waals surface area contributed by atoms with Gasteiger partial charge in [0.2, 0.25) is 0 Å². The Morgan fingerprint density at radius 2 is 1.79 bits per heavy atom. The number of hydrogen-bond donors (Lipinski definition) is 2. The van der Waals surface area contributed by atoms with Gasteiger partial charge in [0.05, 0.1) is 5.52 Å². The Kier molecular flexibility index (Phi) is 5.86. The molecular formula is C31H35N5O2. The molecule has 2 N–H and O–H groups in total. The van der Waals surface area contributed by atoms with Gasteiger partial charge in [0.15, 0.2) is 0 Å². The highest BCUT2D eigenvalue weighted by Crippen LogP contribution is 2.39. The van der Waals surface area contributed by atoms with E-state index in [1.165, 1.54) is 19.3 Å². The second kappa shape index (κ2) is 9.40. The maximum Gasteiger partial charge on any atom is 0.319 e. The highest BCUT2D eigenvalue weighted by Gasteiger charge is 2.34. The molecule has 3 atom stereocenters. The Balaban J connectivity index is 1.36. The van der Waals surface area contributed by atoms with Crippen LogP contribution in [0.5, 0.6) is 11.8 Å². The number of aromatic hydroxyl groups is 1. The summed E-state index contributed by atoms with van der Waals surface area (Å²) < 4.78 is 6.31. The molecule has 0 spiro atoms. The van der Waals surface area contributed by atoms with Gasteiger partial charge >= 0.3 is 6.01 Å². The molecule has 3 aliphatic heterocycles. The van der Waals surface area contributed by atoms with Gasteiger partial charge in [0.25, 0.3) is 0 Å². The molecule has 0 aliphatic carbocycles. The van der Waals surface area contributed by atoms with Crippen molar-refractivity contribution in [2.45, 2.75) is 50.7 Å². The fourth-order valence-corrected chi connectivity index (χ4v) is 6.74. The Morgan fingerprint density at radius 3 is 2.58 bits per heavy atom. The highest BCUT2D eigenvalue weighted by atomic mass is 16.5. The van der Waals surface area contributed by atoms with E-state index in [4.69, 9.17) is 14.7 Å². The summed E-state index contributed by atoms with van der Waals surface area (Å²) in [4.78, 5) is 14.8. The average Bonchev–Trinajstić information content (AvgIpc) is 3.50. The number of nitrogens with one attached hydrogen (secondary N) is 1. The predicted octanol–water partition coefficient (Wildman–Crippen LogP) is 4.88. The van der Waals surface area contributed by atoms with Crippen LogP contribution in [-0.2, 0) is 0 Å². The van der Waals surface area contributed by atoms with Crippen LogP contribution in [0.3, 0.4) is 0 Å².